The largest absolute Gasteiger partial charge is 0.356 e. The van der Waals surface area contributed by atoms with Crippen molar-refractivity contribution >= 4 is 11.0 Å². The van der Waals surface area contributed by atoms with E-state index in [0.717, 1.165) is 49.4 Å². The average Bonchev–Trinajstić information content (AvgIpc) is 2.98. The molecule has 4 rings (SSSR count). The van der Waals surface area contributed by atoms with Crippen molar-refractivity contribution in [3.8, 4) is 0 Å². The van der Waals surface area contributed by atoms with Crippen molar-refractivity contribution < 1.29 is 13.3 Å². The maximum Gasteiger partial charge on any atom is 0.170 e. The fraction of sp³-hybridized carbons (Fsp3) is 0.316. The number of hydrogen-bond acceptors (Lipinski definition) is 4. The summed E-state index contributed by atoms with van der Waals surface area (Å²) in [6, 6.07) is 11.3. The molecule has 0 amide bonds. The monoisotopic (exact) mass is 343 g/mol. The van der Waals surface area contributed by atoms with Crippen molar-refractivity contribution in [3.05, 3.63) is 65.4 Å². The molecule has 1 saturated heterocycles. The minimum atomic E-state index is -0.318. The van der Waals surface area contributed by atoms with E-state index in [1.54, 1.807) is 18.2 Å². The van der Waals surface area contributed by atoms with Crippen LogP contribution in [0.1, 0.15) is 11.3 Å². The second-order valence-electron chi connectivity index (χ2n) is 6.45. The molecule has 2 heterocycles. The molecule has 0 unspecified atom stereocenters. The minimum Gasteiger partial charge on any atom is -0.356 e. The summed E-state index contributed by atoms with van der Waals surface area (Å²) in [6.07, 6.45) is 0. The highest BCUT2D eigenvalue weighted by atomic mass is 19.1. The Hall–Kier alpha value is -2.31. The van der Waals surface area contributed by atoms with Crippen LogP contribution in [-0.4, -0.2) is 41.1 Å². The molecule has 0 bridgehead atoms. The highest BCUT2D eigenvalue weighted by molar-refractivity contribution is 5.79. The molecular weight excluding hydrogens is 324 g/mol. The Morgan fingerprint density at radius 3 is 2.36 bits per heavy atom. The second-order valence-corrected chi connectivity index (χ2v) is 6.45. The molecule has 0 aliphatic carbocycles. The van der Waals surface area contributed by atoms with Crippen LogP contribution in [0, 0.1) is 11.6 Å². The summed E-state index contributed by atoms with van der Waals surface area (Å²) < 4.78 is 31.7. The highest BCUT2D eigenvalue weighted by Crippen LogP contribution is 2.21. The van der Waals surface area contributed by atoms with Crippen molar-refractivity contribution in [1.29, 1.82) is 0 Å². The zero-order chi connectivity index (χ0) is 17.2. The standard InChI is InChI=1S/C19H19F2N3O/c20-15-3-1-2-14(10-15)12-23-6-8-24(9-7-23)13-18-17-5-4-16(21)11-19(17)25-22-18/h1-5,10-11H,6-9,12-13H2. The first kappa shape index (κ1) is 16.2. The van der Waals surface area contributed by atoms with Gasteiger partial charge in [0.05, 0.1) is 0 Å². The third kappa shape index (κ3) is 3.70. The van der Waals surface area contributed by atoms with E-state index in [1.165, 1.54) is 18.2 Å². The van der Waals surface area contributed by atoms with Gasteiger partial charge in [0.1, 0.15) is 17.3 Å². The van der Waals surface area contributed by atoms with Crippen molar-refractivity contribution in [2.24, 2.45) is 0 Å². The van der Waals surface area contributed by atoms with Gasteiger partial charge >= 0.3 is 0 Å². The Kier molecular flexibility index (Phi) is 4.46. The zero-order valence-electron chi connectivity index (χ0n) is 13.8. The fourth-order valence-corrected chi connectivity index (χ4v) is 3.29. The molecule has 3 aromatic rings. The lowest BCUT2D eigenvalue weighted by Crippen LogP contribution is -2.45. The molecule has 1 aliphatic rings. The quantitative estimate of drug-likeness (QED) is 0.727. The number of rotatable bonds is 4. The third-order valence-corrected chi connectivity index (χ3v) is 4.64. The van der Waals surface area contributed by atoms with Gasteiger partial charge in [0.2, 0.25) is 0 Å². The lowest BCUT2D eigenvalue weighted by molar-refractivity contribution is 0.120. The van der Waals surface area contributed by atoms with Gasteiger partial charge in [-0.05, 0) is 29.8 Å². The van der Waals surface area contributed by atoms with E-state index in [4.69, 9.17) is 4.52 Å². The lowest BCUT2D eigenvalue weighted by atomic mass is 10.1. The van der Waals surface area contributed by atoms with Gasteiger partial charge in [-0.1, -0.05) is 17.3 Å². The average molecular weight is 343 g/mol. The first-order valence-corrected chi connectivity index (χ1v) is 8.40. The van der Waals surface area contributed by atoms with E-state index >= 15 is 0 Å². The third-order valence-electron chi connectivity index (χ3n) is 4.64. The molecule has 25 heavy (non-hydrogen) atoms. The van der Waals surface area contributed by atoms with Gasteiger partial charge in [-0.25, -0.2) is 8.78 Å². The normalized spacial score (nSPS) is 16.6. The van der Waals surface area contributed by atoms with Gasteiger partial charge in [0.25, 0.3) is 0 Å². The van der Waals surface area contributed by atoms with Gasteiger partial charge in [-0.2, -0.15) is 0 Å². The maximum absolute atomic E-state index is 13.3. The minimum absolute atomic E-state index is 0.189. The van der Waals surface area contributed by atoms with Crippen LogP contribution >= 0.6 is 0 Å². The molecule has 1 aliphatic heterocycles. The van der Waals surface area contributed by atoms with Crippen molar-refractivity contribution in [2.75, 3.05) is 26.2 Å². The number of hydrogen-bond donors (Lipinski definition) is 0. The van der Waals surface area contributed by atoms with Crippen LogP contribution < -0.4 is 0 Å². The molecule has 0 N–H and O–H groups in total. The van der Waals surface area contributed by atoms with Gasteiger partial charge in [0, 0.05) is 50.7 Å². The number of benzene rings is 2. The van der Waals surface area contributed by atoms with E-state index in [9.17, 15) is 8.78 Å². The summed E-state index contributed by atoms with van der Waals surface area (Å²) in [5, 5.41) is 4.95. The Labute approximate surface area is 144 Å². The van der Waals surface area contributed by atoms with Gasteiger partial charge < -0.3 is 4.52 Å². The summed E-state index contributed by atoms with van der Waals surface area (Å²) >= 11 is 0. The van der Waals surface area contributed by atoms with Crippen LogP contribution in [0.25, 0.3) is 11.0 Å². The topological polar surface area (TPSA) is 32.5 Å². The number of fused-ring (bicyclic) bond motifs is 1. The smallest absolute Gasteiger partial charge is 0.170 e. The summed E-state index contributed by atoms with van der Waals surface area (Å²) in [5.41, 5.74) is 2.33. The second kappa shape index (κ2) is 6.90. The molecule has 130 valence electrons. The van der Waals surface area contributed by atoms with Crippen molar-refractivity contribution in [2.45, 2.75) is 13.1 Å². The summed E-state index contributed by atoms with van der Waals surface area (Å²) in [5.74, 6) is -0.508. The molecule has 0 atom stereocenters. The van der Waals surface area contributed by atoms with Crippen LogP contribution in [0.3, 0.4) is 0 Å². The molecule has 0 radical (unpaired) electrons. The van der Waals surface area contributed by atoms with E-state index in [-0.39, 0.29) is 11.6 Å². The van der Waals surface area contributed by atoms with Gasteiger partial charge in [-0.15, -0.1) is 0 Å². The molecule has 1 fully saturated rings. The molecule has 0 saturated carbocycles. The molecule has 1 aromatic heterocycles. The molecule has 0 spiro atoms. The van der Waals surface area contributed by atoms with E-state index in [0.29, 0.717) is 12.1 Å². The first-order chi connectivity index (χ1) is 12.2. The first-order valence-electron chi connectivity index (χ1n) is 8.40. The molecule has 4 nitrogen and oxygen atoms in total. The predicted octanol–water partition coefficient (Wildman–Crippen LogP) is 3.42. The van der Waals surface area contributed by atoms with Crippen molar-refractivity contribution in [1.82, 2.24) is 15.0 Å². The highest BCUT2D eigenvalue weighted by Gasteiger charge is 2.19. The molecule has 2 aromatic carbocycles. The Morgan fingerprint density at radius 2 is 1.60 bits per heavy atom. The zero-order valence-corrected chi connectivity index (χ0v) is 13.8. The van der Waals surface area contributed by atoms with Gasteiger partial charge in [0.15, 0.2) is 5.58 Å². The molecular formula is C19H19F2N3O. The van der Waals surface area contributed by atoms with Crippen LogP contribution in [0.5, 0.6) is 0 Å². The molecule has 6 heteroatoms. The number of aromatic nitrogens is 1. The lowest BCUT2D eigenvalue weighted by Gasteiger charge is -2.34. The predicted molar refractivity (Wildman–Crippen MR) is 90.9 cm³/mol. The summed E-state index contributed by atoms with van der Waals surface area (Å²) in [4.78, 5) is 4.63. The van der Waals surface area contributed by atoms with Crippen LogP contribution in [0.15, 0.2) is 47.0 Å². The van der Waals surface area contributed by atoms with Crippen LogP contribution in [0.4, 0.5) is 8.78 Å². The SMILES string of the molecule is Fc1cccc(CN2CCN(Cc3noc4cc(F)ccc34)CC2)c1. The summed E-state index contributed by atoms with van der Waals surface area (Å²) in [6.45, 7) is 5.10. The number of piperazine rings is 1. The van der Waals surface area contributed by atoms with Crippen LogP contribution in [-0.2, 0) is 13.1 Å². The van der Waals surface area contributed by atoms with Crippen LogP contribution in [0.2, 0.25) is 0 Å². The number of nitrogens with zero attached hydrogens (tertiary/aromatic N) is 3. The van der Waals surface area contributed by atoms with E-state index < -0.39 is 0 Å². The van der Waals surface area contributed by atoms with Gasteiger partial charge in [-0.3, -0.25) is 9.80 Å². The Balaban J connectivity index is 1.35. The Bertz CT molecular complexity index is 872. The Morgan fingerprint density at radius 1 is 0.880 bits per heavy atom. The number of halogens is 2. The summed E-state index contributed by atoms with van der Waals surface area (Å²) in [7, 11) is 0. The van der Waals surface area contributed by atoms with E-state index in [1.807, 2.05) is 6.07 Å². The fourth-order valence-electron chi connectivity index (χ4n) is 3.29. The van der Waals surface area contributed by atoms with E-state index in [2.05, 4.69) is 15.0 Å². The maximum atomic E-state index is 13.3. The van der Waals surface area contributed by atoms with Crippen molar-refractivity contribution in [3.63, 3.8) is 0 Å².